The minimum atomic E-state index is -0.299. The molecule has 0 saturated carbocycles. The molecular formula is C19H31N3O2. The van der Waals surface area contributed by atoms with E-state index in [0.29, 0.717) is 5.92 Å². The predicted octanol–water partition coefficient (Wildman–Crippen LogP) is 3.34. The molecule has 1 heterocycles. The van der Waals surface area contributed by atoms with Crippen LogP contribution in [-0.2, 0) is 4.79 Å². The number of rotatable bonds is 6. The molecule has 0 aliphatic carbocycles. The van der Waals surface area contributed by atoms with Crippen LogP contribution >= 0.6 is 0 Å². The molecule has 1 amide bonds. The number of anilines is 1. The number of carbonyl (C=O) groups is 1. The third-order valence-electron chi connectivity index (χ3n) is 5.07. The van der Waals surface area contributed by atoms with E-state index in [-0.39, 0.29) is 17.5 Å². The number of nitrogens with one attached hydrogen (secondary N) is 1. The average molecular weight is 333 g/mol. The fourth-order valence-corrected chi connectivity index (χ4v) is 4.07. The lowest BCUT2D eigenvalue weighted by Gasteiger charge is -2.51. The first-order chi connectivity index (χ1) is 11.4. The number of hydrogen-bond donors (Lipinski definition) is 2. The zero-order chi connectivity index (χ0) is 17.9. The number of carbonyl (C=O) groups excluding carboxylic acids is 1. The van der Waals surface area contributed by atoms with Gasteiger partial charge in [0.2, 0.25) is 0 Å². The van der Waals surface area contributed by atoms with Gasteiger partial charge in [-0.15, -0.1) is 0 Å². The van der Waals surface area contributed by atoms with Gasteiger partial charge in [0, 0.05) is 5.54 Å². The Morgan fingerprint density at radius 2 is 2.21 bits per heavy atom. The molecule has 3 N–H and O–H groups in total. The normalized spacial score (nSPS) is 20.2. The van der Waals surface area contributed by atoms with E-state index in [1.807, 2.05) is 12.1 Å². The zero-order valence-electron chi connectivity index (χ0n) is 15.6. The molecule has 134 valence electrons. The molecule has 1 aromatic carbocycles. The van der Waals surface area contributed by atoms with Crippen molar-refractivity contribution >= 4 is 11.6 Å². The summed E-state index contributed by atoms with van der Waals surface area (Å²) in [5.74, 6) is 6.59. The molecule has 5 nitrogen and oxygen atoms in total. The van der Waals surface area contributed by atoms with Crippen LogP contribution in [0.15, 0.2) is 18.2 Å². The number of amides is 1. The summed E-state index contributed by atoms with van der Waals surface area (Å²) in [4.78, 5) is 14.8. The summed E-state index contributed by atoms with van der Waals surface area (Å²) in [6, 6.07) is 5.83. The zero-order valence-corrected chi connectivity index (χ0v) is 15.6. The molecule has 24 heavy (non-hydrogen) atoms. The Labute approximate surface area is 145 Å². The van der Waals surface area contributed by atoms with Crippen molar-refractivity contribution in [3.05, 3.63) is 23.8 Å². The molecule has 0 unspecified atom stereocenters. The van der Waals surface area contributed by atoms with Gasteiger partial charge in [-0.2, -0.15) is 0 Å². The van der Waals surface area contributed by atoms with Gasteiger partial charge in [-0.1, -0.05) is 38.8 Å². The molecule has 0 bridgehead atoms. The monoisotopic (exact) mass is 333 g/mol. The Morgan fingerprint density at radius 1 is 1.50 bits per heavy atom. The molecule has 0 saturated heterocycles. The van der Waals surface area contributed by atoms with Crippen molar-refractivity contribution in [2.45, 2.75) is 70.9 Å². The topological polar surface area (TPSA) is 67.6 Å². The number of fused-ring (bicyclic) bond motifs is 1. The average Bonchev–Trinajstić information content (AvgIpc) is 2.55. The van der Waals surface area contributed by atoms with Gasteiger partial charge in [0.25, 0.3) is 5.91 Å². The number of ether oxygens (including phenoxy) is 1. The van der Waals surface area contributed by atoms with Crippen molar-refractivity contribution in [1.82, 2.24) is 5.43 Å². The standard InChI is InChI=1S/C19H31N3O2/c1-6-7-10-15(18(23)21-20)22-17-14(9-8-11-16(17)24-5)13(2)12-19(22,3)4/h8-9,11,13,15H,6-7,10,12,20H2,1-5H3,(H,21,23)/t13-,15+/m1/s1. The van der Waals surface area contributed by atoms with Crippen molar-refractivity contribution in [2.24, 2.45) is 5.84 Å². The molecule has 2 atom stereocenters. The molecule has 0 fully saturated rings. The number of unbranched alkanes of at least 4 members (excludes halogenated alkanes) is 1. The molecule has 5 heteroatoms. The maximum absolute atomic E-state index is 12.6. The van der Waals surface area contributed by atoms with E-state index >= 15 is 0 Å². The summed E-state index contributed by atoms with van der Waals surface area (Å²) in [6.07, 6.45) is 3.77. The first kappa shape index (κ1) is 18.6. The minimum Gasteiger partial charge on any atom is -0.495 e. The van der Waals surface area contributed by atoms with Crippen molar-refractivity contribution in [3.8, 4) is 5.75 Å². The van der Waals surface area contributed by atoms with Gasteiger partial charge >= 0.3 is 0 Å². The Morgan fingerprint density at radius 3 is 2.79 bits per heavy atom. The summed E-state index contributed by atoms with van der Waals surface area (Å²) in [7, 11) is 1.68. The van der Waals surface area contributed by atoms with E-state index in [9.17, 15) is 4.79 Å². The maximum atomic E-state index is 12.6. The van der Waals surface area contributed by atoms with Crippen molar-refractivity contribution in [3.63, 3.8) is 0 Å². The lowest BCUT2D eigenvalue weighted by Crippen LogP contribution is -2.59. The minimum absolute atomic E-state index is 0.136. The fraction of sp³-hybridized carbons (Fsp3) is 0.632. The molecule has 1 aromatic rings. The first-order valence-corrected chi connectivity index (χ1v) is 8.84. The van der Waals surface area contributed by atoms with Crippen LogP contribution < -0.4 is 20.9 Å². The summed E-state index contributed by atoms with van der Waals surface area (Å²) in [5.41, 5.74) is 4.48. The number of nitrogens with two attached hydrogens (primary N) is 1. The van der Waals surface area contributed by atoms with E-state index in [4.69, 9.17) is 10.6 Å². The molecule has 0 radical (unpaired) electrons. The van der Waals surface area contributed by atoms with Crippen LogP contribution in [0, 0.1) is 0 Å². The number of benzene rings is 1. The van der Waals surface area contributed by atoms with Crippen LogP contribution in [0.5, 0.6) is 5.75 Å². The Bertz CT molecular complexity index is 586. The molecule has 0 aromatic heterocycles. The summed E-state index contributed by atoms with van der Waals surface area (Å²) < 4.78 is 5.65. The Hall–Kier alpha value is -1.75. The van der Waals surface area contributed by atoms with Gasteiger partial charge in [-0.05, 0) is 44.2 Å². The van der Waals surface area contributed by atoms with Gasteiger partial charge in [-0.25, -0.2) is 5.84 Å². The Balaban J connectivity index is 2.60. The highest BCUT2D eigenvalue weighted by molar-refractivity contribution is 5.87. The molecular weight excluding hydrogens is 302 g/mol. The second kappa shape index (κ2) is 7.43. The van der Waals surface area contributed by atoms with Crippen LogP contribution in [0.2, 0.25) is 0 Å². The highest BCUT2D eigenvalue weighted by Crippen LogP contribution is 2.49. The van der Waals surface area contributed by atoms with E-state index in [0.717, 1.165) is 37.1 Å². The van der Waals surface area contributed by atoms with E-state index < -0.39 is 0 Å². The van der Waals surface area contributed by atoms with E-state index in [2.05, 4.69) is 44.1 Å². The van der Waals surface area contributed by atoms with Gasteiger partial charge in [-0.3, -0.25) is 10.2 Å². The largest absolute Gasteiger partial charge is 0.495 e. The van der Waals surface area contributed by atoms with Crippen LogP contribution in [-0.4, -0.2) is 24.6 Å². The third kappa shape index (κ3) is 3.36. The lowest BCUT2D eigenvalue weighted by atomic mass is 9.78. The number of hydrogen-bond acceptors (Lipinski definition) is 4. The first-order valence-electron chi connectivity index (χ1n) is 8.84. The van der Waals surface area contributed by atoms with Crippen molar-refractivity contribution < 1.29 is 9.53 Å². The SMILES string of the molecule is CCCC[C@@H](C(=O)NN)N1c2c(OC)cccc2[C@H](C)CC1(C)C. The van der Waals surface area contributed by atoms with Crippen LogP contribution in [0.25, 0.3) is 0 Å². The number of methoxy groups -OCH3 is 1. The van der Waals surface area contributed by atoms with Crippen LogP contribution in [0.4, 0.5) is 5.69 Å². The predicted molar refractivity (Wildman–Crippen MR) is 98.2 cm³/mol. The molecule has 1 aliphatic rings. The van der Waals surface area contributed by atoms with Crippen LogP contribution in [0.1, 0.15) is 64.9 Å². The molecule has 1 aliphatic heterocycles. The lowest BCUT2D eigenvalue weighted by molar-refractivity contribution is -0.123. The second-order valence-electron chi connectivity index (χ2n) is 7.35. The number of nitrogens with zero attached hydrogens (tertiary/aromatic N) is 1. The third-order valence-corrected chi connectivity index (χ3v) is 5.07. The number of para-hydroxylation sites is 1. The van der Waals surface area contributed by atoms with E-state index in [1.54, 1.807) is 7.11 Å². The van der Waals surface area contributed by atoms with Crippen molar-refractivity contribution in [2.75, 3.05) is 12.0 Å². The van der Waals surface area contributed by atoms with E-state index in [1.165, 1.54) is 5.56 Å². The fourth-order valence-electron chi connectivity index (χ4n) is 4.07. The molecule has 2 rings (SSSR count). The van der Waals surface area contributed by atoms with Gasteiger partial charge in [0.05, 0.1) is 12.8 Å². The number of hydrazine groups is 1. The summed E-state index contributed by atoms with van der Waals surface area (Å²) in [6.45, 7) is 8.76. The maximum Gasteiger partial charge on any atom is 0.256 e. The molecule has 0 spiro atoms. The summed E-state index contributed by atoms with van der Waals surface area (Å²) in [5, 5.41) is 0. The highest BCUT2D eigenvalue weighted by Gasteiger charge is 2.43. The summed E-state index contributed by atoms with van der Waals surface area (Å²) >= 11 is 0. The quantitative estimate of drug-likeness (QED) is 0.476. The highest BCUT2D eigenvalue weighted by atomic mass is 16.5. The smallest absolute Gasteiger partial charge is 0.256 e. The van der Waals surface area contributed by atoms with Crippen molar-refractivity contribution in [1.29, 1.82) is 0 Å². The van der Waals surface area contributed by atoms with Crippen LogP contribution in [0.3, 0.4) is 0 Å². The van der Waals surface area contributed by atoms with Gasteiger partial charge < -0.3 is 9.64 Å². The van der Waals surface area contributed by atoms with Gasteiger partial charge in [0.15, 0.2) is 0 Å². The Kier molecular flexibility index (Phi) is 5.75. The van der Waals surface area contributed by atoms with Gasteiger partial charge in [0.1, 0.15) is 11.8 Å². The second-order valence-corrected chi connectivity index (χ2v) is 7.35.